The Kier molecular flexibility index (Phi) is 5.84. The van der Waals surface area contributed by atoms with Gasteiger partial charge in [-0.3, -0.25) is 5.32 Å². The summed E-state index contributed by atoms with van der Waals surface area (Å²) in [5.41, 5.74) is 3.62. The fraction of sp³-hybridized carbons (Fsp3) is 0.385. The van der Waals surface area contributed by atoms with Crippen molar-refractivity contribution in [3.63, 3.8) is 0 Å². The predicted molar refractivity (Wildman–Crippen MR) is 126 cm³/mol. The van der Waals surface area contributed by atoms with Gasteiger partial charge in [-0.25, -0.2) is 4.79 Å². The minimum atomic E-state index is -0.560. The number of carbonyl (C=O) groups excluding carboxylic acids is 1. The number of hydrogen-bond donors (Lipinski definition) is 1. The highest BCUT2D eigenvalue weighted by Gasteiger charge is 2.26. The van der Waals surface area contributed by atoms with Gasteiger partial charge in [-0.15, -0.1) is 0 Å². The van der Waals surface area contributed by atoms with E-state index < -0.39 is 11.7 Å². The number of nitriles is 1. The first kappa shape index (κ1) is 21.8. The van der Waals surface area contributed by atoms with Crippen molar-refractivity contribution in [2.75, 3.05) is 11.9 Å². The minimum Gasteiger partial charge on any atom is -0.494 e. The van der Waals surface area contributed by atoms with Gasteiger partial charge in [0, 0.05) is 17.6 Å². The van der Waals surface area contributed by atoms with Gasteiger partial charge in [-0.2, -0.15) is 5.26 Å². The number of nitrogens with one attached hydrogen (secondary N) is 1. The second-order valence-corrected chi connectivity index (χ2v) is 9.21. The van der Waals surface area contributed by atoms with Crippen LogP contribution < -0.4 is 10.1 Å². The highest BCUT2D eigenvalue weighted by molar-refractivity contribution is 5.95. The Hall–Kier alpha value is -3.46. The minimum absolute atomic E-state index is 0.491. The average molecular weight is 432 g/mol. The van der Waals surface area contributed by atoms with Crippen molar-refractivity contribution in [2.24, 2.45) is 5.92 Å². The zero-order valence-electron chi connectivity index (χ0n) is 19.1. The van der Waals surface area contributed by atoms with Crippen molar-refractivity contribution in [2.45, 2.75) is 52.7 Å². The molecule has 1 aliphatic rings. The fourth-order valence-corrected chi connectivity index (χ4v) is 3.88. The number of ether oxygens (including phenoxy) is 2. The first-order chi connectivity index (χ1) is 15.3. The van der Waals surface area contributed by atoms with Crippen LogP contribution in [0.3, 0.4) is 0 Å². The Bertz CT molecular complexity index is 1180. The van der Waals surface area contributed by atoms with Crippen LogP contribution in [-0.2, 0) is 11.3 Å². The van der Waals surface area contributed by atoms with Crippen LogP contribution in [0.15, 0.2) is 42.5 Å². The lowest BCUT2D eigenvalue weighted by atomic mass is 10.1. The number of amides is 1. The van der Waals surface area contributed by atoms with E-state index in [0.29, 0.717) is 23.8 Å². The third-order valence-electron chi connectivity index (χ3n) is 5.40. The molecule has 3 aromatic rings. The molecule has 1 aromatic heterocycles. The smallest absolute Gasteiger partial charge is 0.412 e. The van der Waals surface area contributed by atoms with Crippen molar-refractivity contribution in [1.82, 2.24) is 4.57 Å². The molecule has 0 saturated heterocycles. The Morgan fingerprint density at radius 3 is 2.50 bits per heavy atom. The number of carbonyl (C=O) groups is 1. The maximum Gasteiger partial charge on any atom is 0.412 e. The second-order valence-electron chi connectivity index (χ2n) is 9.21. The average Bonchev–Trinajstić information content (AvgIpc) is 3.49. The van der Waals surface area contributed by atoms with Gasteiger partial charge in [-0.05, 0) is 82.3 Å². The van der Waals surface area contributed by atoms with Gasteiger partial charge in [0.15, 0.2) is 0 Å². The van der Waals surface area contributed by atoms with Crippen LogP contribution in [0.5, 0.6) is 5.75 Å². The number of hydrogen-bond acceptors (Lipinski definition) is 4. The van der Waals surface area contributed by atoms with Crippen molar-refractivity contribution in [1.29, 1.82) is 5.26 Å². The molecule has 1 aliphatic carbocycles. The van der Waals surface area contributed by atoms with Crippen LogP contribution in [0.25, 0.3) is 22.2 Å². The molecule has 1 N–H and O–H groups in total. The molecule has 4 rings (SSSR count). The Morgan fingerprint density at radius 2 is 1.91 bits per heavy atom. The number of nitrogens with zero attached hydrogens (tertiary/aromatic N) is 2. The van der Waals surface area contributed by atoms with E-state index in [0.717, 1.165) is 34.5 Å². The number of rotatable bonds is 6. The summed E-state index contributed by atoms with van der Waals surface area (Å²) < 4.78 is 13.3. The molecule has 32 heavy (non-hydrogen) atoms. The van der Waals surface area contributed by atoms with Crippen LogP contribution in [0.1, 0.15) is 46.1 Å². The zero-order valence-corrected chi connectivity index (χ0v) is 19.1. The summed E-state index contributed by atoms with van der Waals surface area (Å²) in [4.78, 5) is 12.1. The molecule has 2 aromatic carbocycles. The van der Waals surface area contributed by atoms with Gasteiger partial charge in [-0.1, -0.05) is 12.1 Å². The summed E-state index contributed by atoms with van der Waals surface area (Å²) in [6.07, 6.45) is 1.95. The highest BCUT2D eigenvalue weighted by atomic mass is 16.6. The van der Waals surface area contributed by atoms with E-state index in [1.807, 2.05) is 70.2 Å². The molecule has 1 heterocycles. The van der Waals surface area contributed by atoms with E-state index in [-0.39, 0.29) is 0 Å². The third-order valence-corrected chi connectivity index (χ3v) is 5.40. The summed E-state index contributed by atoms with van der Waals surface area (Å²) in [5.74, 6) is 1.42. The zero-order chi connectivity index (χ0) is 22.9. The molecule has 0 unspecified atom stereocenters. The van der Waals surface area contributed by atoms with Crippen LogP contribution in [0.2, 0.25) is 0 Å². The quantitative estimate of drug-likeness (QED) is 0.494. The van der Waals surface area contributed by atoms with E-state index in [2.05, 4.69) is 16.0 Å². The molecule has 0 radical (unpaired) electrons. The van der Waals surface area contributed by atoms with Crippen LogP contribution in [0, 0.1) is 17.2 Å². The van der Waals surface area contributed by atoms with E-state index >= 15 is 0 Å². The lowest BCUT2D eigenvalue weighted by Crippen LogP contribution is -2.27. The number of anilines is 1. The fourth-order valence-electron chi connectivity index (χ4n) is 3.88. The van der Waals surface area contributed by atoms with Crippen molar-refractivity contribution >= 4 is 22.7 Å². The standard InChI is InChI=1S/C26H29N3O3/c1-5-31-20-12-13-23-21(14-20)22(15-27)24(29(23)16-17-6-7-17)18-8-10-19(11-9-18)28-25(30)32-26(2,3)4/h8-14,17H,5-7,16H2,1-4H3,(H,28,30). The van der Waals surface area contributed by atoms with Crippen LogP contribution in [0.4, 0.5) is 10.5 Å². The molecule has 1 saturated carbocycles. The summed E-state index contributed by atoms with van der Waals surface area (Å²) in [7, 11) is 0. The van der Waals surface area contributed by atoms with Crippen LogP contribution >= 0.6 is 0 Å². The van der Waals surface area contributed by atoms with Gasteiger partial charge in [0.1, 0.15) is 17.4 Å². The van der Waals surface area contributed by atoms with E-state index in [4.69, 9.17) is 9.47 Å². The molecular weight excluding hydrogens is 402 g/mol. The Labute approximate surface area is 188 Å². The molecule has 166 valence electrons. The molecule has 1 amide bonds. The van der Waals surface area contributed by atoms with Gasteiger partial charge in [0.2, 0.25) is 0 Å². The van der Waals surface area contributed by atoms with E-state index in [1.54, 1.807) is 0 Å². The summed E-state index contributed by atoms with van der Waals surface area (Å²) >= 11 is 0. The maximum atomic E-state index is 12.1. The lowest BCUT2D eigenvalue weighted by molar-refractivity contribution is 0.0636. The molecule has 6 nitrogen and oxygen atoms in total. The topological polar surface area (TPSA) is 76.3 Å². The van der Waals surface area contributed by atoms with Crippen molar-refractivity contribution in [3.05, 3.63) is 48.0 Å². The SMILES string of the molecule is CCOc1ccc2c(c1)c(C#N)c(-c1ccc(NC(=O)OC(C)(C)C)cc1)n2CC1CC1. The molecule has 0 atom stereocenters. The first-order valence-electron chi connectivity index (χ1n) is 11.1. The largest absolute Gasteiger partial charge is 0.494 e. The second kappa shape index (κ2) is 8.58. The third kappa shape index (κ3) is 4.72. The van der Waals surface area contributed by atoms with Gasteiger partial charge in [0.25, 0.3) is 0 Å². The predicted octanol–water partition coefficient (Wildman–Crippen LogP) is 6.34. The maximum absolute atomic E-state index is 12.1. The molecule has 1 fully saturated rings. The summed E-state index contributed by atoms with van der Waals surface area (Å²) in [5, 5.41) is 13.7. The van der Waals surface area contributed by atoms with Crippen LogP contribution in [-0.4, -0.2) is 22.9 Å². The van der Waals surface area contributed by atoms with E-state index in [9.17, 15) is 10.1 Å². The van der Waals surface area contributed by atoms with Gasteiger partial charge < -0.3 is 14.0 Å². The first-order valence-corrected chi connectivity index (χ1v) is 11.1. The molecular formula is C26H29N3O3. The van der Waals surface area contributed by atoms with E-state index in [1.165, 1.54) is 12.8 Å². The van der Waals surface area contributed by atoms with Crippen molar-refractivity contribution < 1.29 is 14.3 Å². The molecule has 6 heteroatoms. The molecule has 0 bridgehead atoms. The lowest BCUT2D eigenvalue weighted by Gasteiger charge is -2.19. The monoisotopic (exact) mass is 431 g/mol. The summed E-state index contributed by atoms with van der Waals surface area (Å²) in [6, 6.07) is 16.0. The highest BCUT2D eigenvalue weighted by Crippen LogP contribution is 2.39. The normalized spacial score (nSPS) is 13.6. The number of benzene rings is 2. The van der Waals surface area contributed by atoms with Crippen molar-refractivity contribution in [3.8, 4) is 23.1 Å². The Balaban J connectivity index is 1.72. The van der Waals surface area contributed by atoms with Gasteiger partial charge >= 0.3 is 6.09 Å². The van der Waals surface area contributed by atoms with Gasteiger partial charge in [0.05, 0.1) is 23.4 Å². The summed E-state index contributed by atoms with van der Waals surface area (Å²) in [6.45, 7) is 8.90. The molecule has 0 aliphatic heterocycles. The number of fused-ring (bicyclic) bond motifs is 1. The Morgan fingerprint density at radius 1 is 1.19 bits per heavy atom. The molecule has 0 spiro atoms. The number of aromatic nitrogens is 1.